The number of piperidine rings is 1. The van der Waals surface area contributed by atoms with Gasteiger partial charge >= 0.3 is 6.18 Å². The van der Waals surface area contributed by atoms with Gasteiger partial charge in [-0.05, 0) is 46.0 Å². The van der Waals surface area contributed by atoms with Gasteiger partial charge in [0, 0.05) is 30.5 Å². The van der Waals surface area contributed by atoms with Crippen molar-refractivity contribution in [2.45, 2.75) is 70.8 Å². The third kappa shape index (κ3) is 4.28. The number of aromatic nitrogens is 2. The Bertz CT molecular complexity index is 561. The number of hydrogen-bond acceptors (Lipinski definition) is 3. The third-order valence-corrected chi connectivity index (χ3v) is 4.49. The summed E-state index contributed by atoms with van der Waals surface area (Å²) in [6.07, 6.45) is -0.119. The highest BCUT2D eigenvalue weighted by atomic mass is 19.4. The van der Waals surface area contributed by atoms with Crippen molar-refractivity contribution in [2.75, 3.05) is 6.61 Å². The van der Waals surface area contributed by atoms with Crippen LogP contribution in [-0.2, 0) is 23.9 Å². The fourth-order valence-corrected chi connectivity index (χ4v) is 3.37. The number of aliphatic hydroxyl groups excluding tert-OH is 1. The summed E-state index contributed by atoms with van der Waals surface area (Å²) in [6, 6.07) is 0.181. The van der Waals surface area contributed by atoms with Crippen LogP contribution >= 0.6 is 0 Å². The van der Waals surface area contributed by atoms with Gasteiger partial charge in [0.05, 0.1) is 0 Å². The van der Waals surface area contributed by atoms with Gasteiger partial charge in [-0.15, -0.1) is 0 Å². The molecular weight excluding hydrogens is 323 g/mol. The lowest BCUT2D eigenvalue weighted by molar-refractivity contribution is -0.143. The minimum atomic E-state index is -4.56. The number of rotatable bonds is 5. The summed E-state index contributed by atoms with van der Waals surface area (Å²) in [7, 11) is 0. The molecule has 1 N–H and O–H groups in total. The Morgan fingerprint density at radius 3 is 2.50 bits per heavy atom. The van der Waals surface area contributed by atoms with Crippen LogP contribution in [0.2, 0.25) is 0 Å². The molecule has 0 aliphatic carbocycles. The molecule has 24 heavy (non-hydrogen) atoms. The fraction of sp³-hybridized carbons (Fsp3) is 0.750. The lowest BCUT2D eigenvalue weighted by Gasteiger charge is -2.39. The van der Waals surface area contributed by atoms with Crippen LogP contribution < -0.4 is 0 Å². The number of carbonyl (C=O) groups excluding carboxylic acids is 1. The molecule has 136 valence electrons. The molecule has 0 aromatic carbocycles. The Kier molecular flexibility index (Phi) is 5.90. The molecule has 2 atom stereocenters. The fourth-order valence-electron chi connectivity index (χ4n) is 3.37. The van der Waals surface area contributed by atoms with Gasteiger partial charge in [0.1, 0.15) is 6.54 Å². The molecule has 1 amide bonds. The van der Waals surface area contributed by atoms with Crippen molar-refractivity contribution in [3.8, 4) is 0 Å². The second kappa shape index (κ2) is 7.55. The smallest absolute Gasteiger partial charge is 0.396 e. The molecule has 0 spiro atoms. The van der Waals surface area contributed by atoms with Gasteiger partial charge in [-0.25, -0.2) is 0 Å². The van der Waals surface area contributed by atoms with Gasteiger partial charge in [-0.1, -0.05) is 0 Å². The van der Waals surface area contributed by atoms with Crippen LogP contribution in [0, 0.1) is 0 Å². The number of alkyl halides is 3. The van der Waals surface area contributed by atoms with E-state index in [9.17, 15) is 18.0 Å². The summed E-state index contributed by atoms with van der Waals surface area (Å²) in [5, 5.41) is 12.4. The molecule has 1 aromatic rings. The van der Waals surface area contributed by atoms with E-state index in [0.717, 1.165) is 23.9 Å². The summed E-state index contributed by atoms with van der Waals surface area (Å²) in [5.74, 6) is -0.209. The van der Waals surface area contributed by atoms with Gasteiger partial charge in [0.2, 0.25) is 5.91 Å². The number of likely N-dealkylation sites (tertiary alicyclic amines) is 1. The second-order valence-electron chi connectivity index (χ2n) is 6.46. The molecule has 0 saturated carbocycles. The quantitative estimate of drug-likeness (QED) is 0.891. The molecule has 1 fully saturated rings. The Balaban J connectivity index is 2.16. The monoisotopic (exact) mass is 347 g/mol. The molecule has 0 unspecified atom stereocenters. The Morgan fingerprint density at radius 2 is 1.96 bits per heavy atom. The van der Waals surface area contributed by atoms with E-state index in [2.05, 4.69) is 5.10 Å². The van der Waals surface area contributed by atoms with Crippen LogP contribution in [0.4, 0.5) is 13.2 Å². The largest absolute Gasteiger partial charge is 0.435 e. The zero-order valence-corrected chi connectivity index (χ0v) is 14.0. The van der Waals surface area contributed by atoms with Crippen LogP contribution in [0.1, 0.15) is 50.8 Å². The minimum Gasteiger partial charge on any atom is -0.396 e. The minimum absolute atomic E-state index is 0.0177. The maximum Gasteiger partial charge on any atom is 0.435 e. The summed E-state index contributed by atoms with van der Waals surface area (Å²) in [4.78, 5) is 14.3. The summed E-state index contributed by atoms with van der Waals surface area (Å²) in [6.45, 7) is 3.54. The van der Waals surface area contributed by atoms with Crippen molar-refractivity contribution < 1.29 is 23.1 Å². The number of halogens is 3. The van der Waals surface area contributed by atoms with Crippen LogP contribution in [0.3, 0.4) is 0 Å². The number of hydrogen-bond donors (Lipinski definition) is 1. The lowest BCUT2D eigenvalue weighted by Crippen LogP contribution is -2.48. The zero-order valence-electron chi connectivity index (χ0n) is 14.0. The first-order valence-electron chi connectivity index (χ1n) is 8.29. The molecule has 0 radical (unpaired) electrons. The van der Waals surface area contributed by atoms with E-state index in [-0.39, 0.29) is 49.5 Å². The predicted molar refractivity (Wildman–Crippen MR) is 82.3 cm³/mol. The Hall–Kier alpha value is -1.57. The molecule has 1 saturated heterocycles. The second-order valence-corrected chi connectivity index (χ2v) is 6.46. The third-order valence-electron chi connectivity index (χ3n) is 4.49. The number of amides is 1. The average Bonchev–Trinajstić information content (AvgIpc) is 2.88. The van der Waals surface area contributed by atoms with E-state index in [1.54, 1.807) is 4.90 Å². The van der Waals surface area contributed by atoms with Crippen LogP contribution in [0.15, 0.2) is 6.20 Å². The highest BCUT2D eigenvalue weighted by Crippen LogP contribution is 2.31. The van der Waals surface area contributed by atoms with Gasteiger partial charge < -0.3 is 10.0 Å². The van der Waals surface area contributed by atoms with Crippen LogP contribution in [-0.4, -0.2) is 44.4 Å². The van der Waals surface area contributed by atoms with E-state index in [0.29, 0.717) is 0 Å². The van der Waals surface area contributed by atoms with Crippen molar-refractivity contribution >= 4 is 5.91 Å². The Labute approximate surface area is 139 Å². The standard InChI is InChI=1S/C16H24F3N3O2/c1-11-5-3-6-12(2)22(11)14(24)10-21-9-13(7-4-8-23)15(20-21)16(17,18)19/h9,11-12,23H,3-8,10H2,1-2H3/t11-,12+. The summed E-state index contributed by atoms with van der Waals surface area (Å²) < 4.78 is 40.3. The molecule has 5 nitrogen and oxygen atoms in total. The lowest BCUT2D eigenvalue weighted by atomic mass is 9.97. The summed E-state index contributed by atoms with van der Waals surface area (Å²) in [5.41, 5.74) is -0.951. The Morgan fingerprint density at radius 1 is 1.33 bits per heavy atom. The van der Waals surface area contributed by atoms with Crippen molar-refractivity contribution in [1.82, 2.24) is 14.7 Å². The maximum absolute atomic E-state index is 13.1. The molecule has 2 heterocycles. The van der Waals surface area contributed by atoms with Crippen molar-refractivity contribution in [3.63, 3.8) is 0 Å². The topological polar surface area (TPSA) is 58.4 Å². The van der Waals surface area contributed by atoms with E-state index in [1.807, 2.05) is 13.8 Å². The molecule has 2 rings (SSSR count). The highest BCUT2D eigenvalue weighted by Gasteiger charge is 2.37. The van der Waals surface area contributed by atoms with E-state index >= 15 is 0 Å². The first-order chi connectivity index (χ1) is 11.2. The first-order valence-corrected chi connectivity index (χ1v) is 8.29. The SMILES string of the molecule is C[C@@H]1CCC[C@H](C)N1C(=O)Cn1cc(CCCO)c(C(F)(F)F)n1. The molecule has 1 aliphatic rings. The van der Waals surface area contributed by atoms with E-state index in [1.165, 1.54) is 6.20 Å². The van der Waals surface area contributed by atoms with Gasteiger partial charge in [-0.3, -0.25) is 9.48 Å². The molecule has 0 bridgehead atoms. The maximum atomic E-state index is 13.1. The number of nitrogens with zero attached hydrogens (tertiary/aromatic N) is 3. The summed E-state index contributed by atoms with van der Waals surface area (Å²) >= 11 is 0. The highest BCUT2D eigenvalue weighted by molar-refractivity contribution is 5.76. The van der Waals surface area contributed by atoms with Crippen molar-refractivity contribution in [2.24, 2.45) is 0 Å². The van der Waals surface area contributed by atoms with Crippen LogP contribution in [0.25, 0.3) is 0 Å². The van der Waals surface area contributed by atoms with Crippen molar-refractivity contribution in [3.05, 3.63) is 17.5 Å². The van der Waals surface area contributed by atoms with Crippen LogP contribution in [0.5, 0.6) is 0 Å². The first kappa shape index (κ1) is 18.8. The van der Waals surface area contributed by atoms with Gasteiger partial charge in [-0.2, -0.15) is 18.3 Å². The average molecular weight is 347 g/mol. The van der Waals surface area contributed by atoms with Gasteiger partial charge in [0.15, 0.2) is 5.69 Å². The molecule has 1 aliphatic heterocycles. The molecular formula is C16H24F3N3O2. The number of aryl methyl sites for hydroxylation is 1. The normalized spacial score (nSPS) is 22.0. The van der Waals surface area contributed by atoms with E-state index in [4.69, 9.17) is 5.11 Å². The number of carbonyl (C=O) groups is 1. The van der Waals surface area contributed by atoms with E-state index < -0.39 is 11.9 Å². The molecule has 8 heteroatoms. The molecule has 1 aromatic heterocycles. The zero-order chi connectivity index (χ0) is 17.9. The van der Waals surface area contributed by atoms with Gasteiger partial charge in [0.25, 0.3) is 0 Å². The number of aliphatic hydroxyl groups is 1. The van der Waals surface area contributed by atoms with Crippen molar-refractivity contribution in [1.29, 1.82) is 0 Å². The predicted octanol–water partition coefficient (Wildman–Crippen LogP) is 2.62.